The van der Waals surface area contributed by atoms with Gasteiger partial charge in [-0.15, -0.1) is 0 Å². The van der Waals surface area contributed by atoms with Crippen LogP contribution >= 0.6 is 0 Å². The van der Waals surface area contributed by atoms with Crippen molar-refractivity contribution < 1.29 is 19.1 Å². The van der Waals surface area contributed by atoms with Gasteiger partial charge in [0.15, 0.2) is 0 Å². The Balaban J connectivity index is 1.69. The minimum absolute atomic E-state index is 0.0831. The Morgan fingerprint density at radius 2 is 1.69 bits per heavy atom. The Bertz CT molecular complexity index is 799. The van der Waals surface area contributed by atoms with E-state index in [0.717, 1.165) is 24.3 Å². The van der Waals surface area contributed by atoms with Crippen LogP contribution in [0.5, 0.6) is 0 Å². The van der Waals surface area contributed by atoms with Crippen LogP contribution in [0.15, 0.2) is 54.6 Å². The van der Waals surface area contributed by atoms with Crippen LogP contribution in [0.2, 0.25) is 0 Å². The first kappa shape index (κ1) is 20.9. The second-order valence-electron chi connectivity index (χ2n) is 7.33. The molecule has 1 atom stereocenters. The van der Waals surface area contributed by atoms with Gasteiger partial charge in [0.2, 0.25) is 0 Å². The molecule has 3 rings (SSSR count). The molecular weight excluding hydrogens is 368 g/mol. The highest BCUT2D eigenvalue weighted by atomic mass is 16.5. The molecule has 6 nitrogen and oxygen atoms in total. The van der Waals surface area contributed by atoms with Gasteiger partial charge in [-0.1, -0.05) is 30.3 Å². The number of amides is 1. The van der Waals surface area contributed by atoms with E-state index in [4.69, 9.17) is 9.47 Å². The molecule has 0 radical (unpaired) electrons. The van der Waals surface area contributed by atoms with Crippen LogP contribution < -0.4 is 10.2 Å². The topological polar surface area (TPSA) is 67.9 Å². The van der Waals surface area contributed by atoms with Crippen molar-refractivity contribution in [3.8, 4) is 0 Å². The first-order valence-electron chi connectivity index (χ1n) is 10.0. The lowest BCUT2D eigenvalue weighted by Crippen LogP contribution is -2.36. The SMILES string of the molecule is CC(C)OC(=O)CC(NC(=O)c1ccc(N2CCOCC2)cc1)c1ccccc1. The number of carbonyl (C=O) groups is 2. The number of carbonyl (C=O) groups excluding carboxylic acids is 2. The number of ether oxygens (including phenoxy) is 2. The van der Waals surface area contributed by atoms with E-state index in [1.807, 2.05) is 68.4 Å². The average Bonchev–Trinajstić information content (AvgIpc) is 2.74. The molecule has 1 saturated heterocycles. The number of nitrogens with zero attached hydrogens (tertiary/aromatic N) is 1. The normalized spacial score (nSPS) is 15.1. The van der Waals surface area contributed by atoms with Crippen molar-refractivity contribution >= 4 is 17.6 Å². The van der Waals surface area contributed by atoms with Crippen LogP contribution in [0.1, 0.15) is 42.2 Å². The Morgan fingerprint density at radius 1 is 1.03 bits per heavy atom. The average molecular weight is 396 g/mol. The van der Waals surface area contributed by atoms with Gasteiger partial charge in [0.25, 0.3) is 5.91 Å². The summed E-state index contributed by atoms with van der Waals surface area (Å²) >= 11 is 0. The van der Waals surface area contributed by atoms with Crippen LogP contribution in [0.4, 0.5) is 5.69 Å². The Morgan fingerprint density at radius 3 is 2.31 bits per heavy atom. The number of esters is 1. The lowest BCUT2D eigenvalue weighted by atomic mass is 10.0. The highest BCUT2D eigenvalue weighted by Gasteiger charge is 2.21. The Kier molecular flexibility index (Phi) is 7.25. The van der Waals surface area contributed by atoms with Gasteiger partial charge in [0.1, 0.15) is 0 Å². The molecule has 0 saturated carbocycles. The van der Waals surface area contributed by atoms with Crippen molar-refractivity contribution in [3.05, 3.63) is 65.7 Å². The minimum Gasteiger partial charge on any atom is -0.463 e. The zero-order valence-corrected chi connectivity index (χ0v) is 17.0. The summed E-state index contributed by atoms with van der Waals surface area (Å²) in [7, 11) is 0. The summed E-state index contributed by atoms with van der Waals surface area (Å²) in [5.74, 6) is -0.554. The van der Waals surface area contributed by atoms with Crippen LogP contribution in [0.25, 0.3) is 0 Å². The summed E-state index contributed by atoms with van der Waals surface area (Å²) in [6.07, 6.45) is -0.109. The van der Waals surface area contributed by atoms with Gasteiger partial charge in [-0.3, -0.25) is 9.59 Å². The van der Waals surface area contributed by atoms with Crippen LogP contribution in [-0.4, -0.2) is 44.3 Å². The number of anilines is 1. The highest BCUT2D eigenvalue weighted by Crippen LogP contribution is 2.20. The first-order chi connectivity index (χ1) is 14.0. The Hall–Kier alpha value is -2.86. The molecule has 1 fully saturated rings. The third kappa shape index (κ3) is 6.06. The third-order valence-electron chi connectivity index (χ3n) is 4.75. The number of benzene rings is 2. The molecule has 1 aliphatic rings. The predicted molar refractivity (Wildman–Crippen MR) is 112 cm³/mol. The summed E-state index contributed by atoms with van der Waals surface area (Å²) in [5, 5.41) is 2.98. The molecule has 0 bridgehead atoms. The molecule has 1 unspecified atom stereocenters. The van der Waals surface area contributed by atoms with Gasteiger partial charge in [-0.25, -0.2) is 0 Å². The van der Waals surface area contributed by atoms with Crippen molar-refractivity contribution in [1.82, 2.24) is 5.32 Å². The summed E-state index contributed by atoms with van der Waals surface area (Å²) in [5.41, 5.74) is 2.50. The van der Waals surface area contributed by atoms with E-state index in [1.165, 1.54) is 0 Å². The van der Waals surface area contributed by atoms with Crippen LogP contribution in [0, 0.1) is 0 Å². The van der Waals surface area contributed by atoms with E-state index in [2.05, 4.69) is 10.2 Å². The summed E-state index contributed by atoms with van der Waals surface area (Å²) in [6.45, 7) is 6.74. The van der Waals surface area contributed by atoms with E-state index in [9.17, 15) is 9.59 Å². The maximum absolute atomic E-state index is 12.8. The zero-order chi connectivity index (χ0) is 20.6. The molecule has 2 aromatic rings. The maximum atomic E-state index is 12.8. The molecule has 1 aliphatic heterocycles. The standard InChI is InChI=1S/C23H28N2O4/c1-17(2)29-22(26)16-21(18-6-4-3-5-7-18)24-23(27)19-8-10-20(11-9-19)25-12-14-28-15-13-25/h3-11,17,21H,12-16H2,1-2H3,(H,24,27). The van der Waals surface area contributed by atoms with Crippen molar-refractivity contribution in [2.24, 2.45) is 0 Å². The monoisotopic (exact) mass is 396 g/mol. The van der Waals surface area contributed by atoms with Gasteiger partial charge >= 0.3 is 5.97 Å². The number of nitrogens with one attached hydrogen (secondary N) is 1. The predicted octanol–water partition coefficient (Wildman–Crippen LogP) is 3.34. The molecule has 29 heavy (non-hydrogen) atoms. The number of morpholine rings is 1. The molecular formula is C23H28N2O4. The van der Waals surface area contributed by atoms with E-state index in [0.29, 0.717) is 18.8 Å². The van der Waals surface area contributed by atoms with Crippen LogP contribution in [-0.2, 0) is 14.3 Å². The molecule has 0 aliphatic carbocycles. The second kappa shape index (κ2) is 10.1. The molecule has 0 spiro atoms. The summed E-state index contributed by atoms with van der Waals surface area (Å²) in [6, 6.07) is 16.6. The Labute approximate surface area is 171 Å². The molecule has 1 N–H and O–H groups in total. The molecule has 0 aromatic heterocycles. The maximum Gasteiger partial charge on any atom is 0.308 e. The van der Waals surface area contributed by atoms with Gasteiger partial charge in [0.05, 0.1) is 31.8 Å². The largest absolute Gasteiger partial charge is 0.463 e. The lowest BCUT2D eigenvalue weighted by molar-refractivity contribution is -0.147. The van der Waals surface area contributed by atoms with Gasteiger partial charge in [0, 0.05) is 24.3 Å². The molecule has 1 heterocycles. The number of rotatable bonds is 7. The van der Waals surface area contributed by atoms with E-state index in [-0.39, 0.29) is 24.4 Å². The fraction of sp³-hybridized carbons (Fsp3) is 0.391. The van der Waals surface area contributed by atoms with Gasteiger partial charge in [-0.2, -0.15) is 0 Å². The first-order valence-corrected chi connectivity index (χ1v) is 10.0. The summed E-state index contributed by atoms with van der Waals surface area (Å²) in [4.78, 5) is 27.2. The molecule has 6 heteroatoms. The molecule has 2 aromatic carbocycles. The second-order valence-corrected chi connectivity index (χ2v) is 7.33. The van der Waals surface area contributed by atoms with Gasteiger partial charge < -0.3 is 19.7 Å². The smallest absolute Gasteiger partial charge is 0.308 e. The zero-order valence-electron chi connectivity index (χ0n) is 17.0. The van der Waals surface area contributed by atoms with Gasteiger partial charge in [-0.05, 0) is 43.7 Å². The van der Waals surface area contributed by atoms with Crippen molar-refractivity contribution in [2.45, 2.75) is 32.4 Å². The molecule has 154 valence electrons. The number of hydrogen-bond donors (Lipinski definition) is 1. The quantitative estimate of drug-likeness (QED) is 0.727. The van der Waals surface area contributed by atoms with Crippen molar-refractivity contribution in [2.75, 3.05) is 31.2 Å². The molecule has 1 amide bonds. The van der Waals surface area contributed by atoms with E-state index < -0.39 is 6.04 Å². The van der Waals surface area contributed by atoms with Crippen molar-refractivity contribution in [1.29, 1.82) is 0 Å². The van der Waals surface area contributed by atoms with Crippen LogP contribution in [0.3, 0.4) is 0 Å². The lowest BCUT2D eigenvalue weighted by Gasteiger charge is -2.29. The van der Waals surface area contributed by atoms with E-state index in [1.54, 1.807) is 0 Å². The minimum atomic E-state index is -0.450. The fourth-order valence-corrected chi connectivity index (χ4v) is 3.30. The fourth-order valence-electron chi connectivity index (χ4n) is 3.30. The third-order valence-corrected chi connectivity index (χ3v) is 4.75. The van der Waals surface area contributed by atoms with E-state index >= 15 is 0 Å². The number of hydrogen-bond acceptors (Lipinski definition) is 5. The highest BCUT2D eigenvalue weighted by molar-refractivity contribution is 5.95. The summed E-state index contributed by atoms with van der Waals surface area (Å²) < 4.78 is 10.6. The van der Waals surface area contributed by atoms with Crippen molar-refractivity contribution in [3.63, 3.8) is 0 Å².